The lowest BCUT2D eigenvalue weighted by Crippen LogP contribution is -2.44. The molecule has 0 amide bonds. The quantitative estimate of drug-likeness (QED) is 0.692. The largest absolute Gasteiger partial charge is 0.439 e. The van der Waals surface area contributed by atoms with Gasteiger partial charge >= 0.3 is 5.97 Å². The molecular weight excluding hydrogens is 216 g/mol. The highest BCUT2D eigenvalue weighted by atomic mass is 16.6. The van der Waals surface area contributed by atoms with Crippen molar-refractivity contribution >= 4 is 5.97 Å². The Hall–Kier alpha value is -1.45. The van der Waals surface area contributed by atoms with E-state index in [-0.39, 0.29) is 11.5 Å². The summed E-state index contributed by atoms with van der Waals surface area (Å²) in [5, 5.41) is 0. The van der Waals surface area contributed by atoms with Gasteiger partial charge in [0.05, 0.1) is 0 Å². The maximum Gasteiger partial charge on any atom is 0.304 e. The summed E-state index contributed by atoms with van der Waals surface area (Å²) in [7, 11) is 0. The first-order chi connectivity index (χ1) is 7.63. The minimum Gasteiger partial charge on any atom is -0.439 e. The van der Waals surface area contributed by atoms with Crippen molar-refractivity contribution in [2.24, 2.45) is 0 Å². The van der Waals surface area contributed by atoms with Crippen molar-refractivity contribution in [1.29, 1.82) is 0 Å². The molecule has 0 aromatic carbocycles. The summed E-state index contributed by atoms with van der Waals surface area (Å²) in [6.07, 6.45) is 7.78. The molecule has 0 aromatic rings. The van der Waals surface area contributed by atoms with Gasteiger partial charge in [-0.25, -0.2) is 0 Å². The fourth-order valence-electron chi connectivity index (χ4n) is 1.60. The van der Waals surface area contributed by atoms with Gasteiger partial charge in [0, 0.05) is 37.3 Å². The molecule has 4 heteroatoms. The highest BCUT2D eigenvalue weighted by molar-refractivity contribution is 5.66. The van der Waals surface area contributed by atoms with E-state index in [1.165, 1.54) is 6.92 Å². The molecule has 0 saturated heterocycles. The van der Waals surface area contributed by atoms with E-state index in [4.69, 9.17) is 4.74 Å². The van der Waals surface area contributed by atoms with Crippen LogP contribution in [0.3, 0.4) is 0 Å². The van der Waals surface area contributed by atoms with Crippen molar-refractivity contribution in [1.82, 2.24) is 9.80 Å². The summed E-state index contributed by atoms with van der Waals surface area (Å²) in [5.74, 6) is -0.282. The lowest BCUT2D eigenvalue weighted by atomic mass is 10.1. The molecule has 1 rings (SSSR count). The highest BCUT2D eigenvalue weighted by Crippen LogP contribution is 2.23. The monoisotopic (exact) mass is 238 g/mol. The number of carbonyl (C=O) groups excluding carboxylic acids is 1. The molecule has 17 heavy (non-hydrogen) atoms. The molecule has 0 fully saturated rings. The number of carbonyl (C=O) groups is 1. The summed E-state index contributed by atoms with van der Waals surface area (Å²) in [6, 6.07) is 0. The van der Waals surface area contributed by atoms with E-state index in [0.29, 0.717) is 0 Å². The zero-order valence-corrected chi connectivity index (χ0v) is 11.5. The highest BCUT2D eigenvalue weighted by Gasteiger charge is 2.28. The summed E-state index contributed by atoms with van der Waals surface area (Å²) < 4.78 is 5.26. The zero-order valence-electron chi connectivity index (χ0n) is 11.5. The Morgan fingerprint density at radius 2 is 1.35 bits per heavy atom. The third kappa shape index (κ3) is 3.51. The SMILES string of the molecule is CC(=O)OC(C)(C)N1C=CN(C(C)(C)C)C=C1. The van der Waals surface area contributed by atoms with Crippen LogP contribution in [0.2, 0.25) is 0 Å². The van der Waals surface area contributed by atoms with E-state index < -0.39 is 5.72 Å². The number of nitrogens with zero attached hydrogens (tertiary/aromatic N) is 2. The van der Waals surface area contributed by atoms with Crippen molar-refractivity contribution in [2.75, 3.05) is 0 Å². The molecule has 0 aliphatic carbocycles. The molecule has 0 spiro atoms. The number of ether oxygens (including phenoxy) is 1. The summed E-state index contributed by atoms with van der Waals surface area (Å²) in [4.78, 5) is 15.0. The Kier molecular flexibility index (Phi) is 3.55. The van der Waals surface area contributed by atoms with Crippen molar-refractivity contribution in [3.63, 3.8) is 0 Å². The van der Waals surface area contributed by atoms with Crippen LogP contribution in [-0.2, 0) is 9.53 Å². The van der Waals surface area contributed by atoms with E-state index in [0.717, 1.165) is 0 Å². The maximum absolute atomic E-state index is 11.0. The van der Waals surface area contributed by atoms with Gasteiger partial charge < -0.3 is 14.5 Å². The van der Waals surface area contributed by atoms with E-state index >= 15 is 0 Å². The van der Waals surface area contributed by atoms with Gasteiger partial charge in [-0.1, -0.05) is 0 Å². The Morgan fingerprint density at radius 3 is 1.71 bits per heavy atom. The van der Waals surface area contributed by atoms with Crippen molar-refractivity contribution in [3.8, 4) is 0 Å². The molecule has 0 atom stereocenters. The molecule has 96 valence electrons. The average molecular weight is 238 g/mol. The minimum absolute atomic E-state index is 0.0463. The van der Waals surface area contributed by atoms with Gasteiger partial charge in [0.2, 0.25) is 0 Å². The number of rotatable bonds is 2. The second kappa shape index (κ2) is 4.43. The van der Waals surface area contributed by atoms with Crippen LogP contribution >= 0.6 is 0 Å². The van der Waals surface area contributed by atoms with Gasteiger partial charge in [0.15, 0.2) is 5.72 Å². The summed E-state index contributed by atoms with van der Waals surface area (Å²) in [6.45, 7) is 11.5. The fourth-order valence-corrected chi connectivity index (χ4v) is 1.60. The number of hydrogen-bond donors (Lipinski definition) is 0. The van der Waals surface area contributed by atoms with Crippen LogP contribution < -0.4 is 0 Å². The van der Waals surface area contributed by atoms with E-state index in [9.17, 15) is 4.79 Å². The molecule has 1 heterocycles. The summed E-state index contributed by atoms with van der Waals surface area (Å²) >= 11 is 0. The molecule has 0 bridgehead atoms. The molecular formula is C13H22N2O2. The first-order valence-electron chi connectivity index (χ1n) is 5.76. The Labute approximate surface area is 104 Å². The Morgan fingerprint density at radius 1 is 0.941 bits per heavy atom. The second-order valence-corrected chi connectivity index (χ2v) is 5.62. The molecule has 4 nitrogen and oxygen atoms in total. The molecule has 0 saturated carbocycles. The molecule has 0 N–H and O–H groups in total. The predicted octanol–water partition coefficient (Wildman–Crippen LogP) is 2.64. The van der Waals surface area contributed by atoms with Crippen LogP contribution in [-0.4, -0.2) is 27.0 Å². The van der Waals surface area contributed by atoms with Crippen LogP contribution in [0.25, 0.3) is 0 Å². The minimum atomic E-state index is -0.664. The Bertz CT molecular complexity index is 337. The number of esters is 1. The van der Waals surface area contributed by atoms with Crippen molar-refractivity contribution in [3.05, 3.63) is 24.8 Å². The molecule has 0 unspecified atom stereocenters. The van der Waals surface area contributed by atoms with Gasteiger partial charge in [-0.05, 0) is 34.6 Å². The predicted molar refractivity (Wildman–Crippen MR) is 67.6 cm³/mol. The van der Waals surface area contributed by atoms with Gasteiger partial charge in [-0.15, -0.1) is 0 Å². The standard InChI is InChI=1S/C13H22N2O2/c1-11(16)17-13(5,6)15-9-7-14(8-10-15)12(2,3)4/h7-10H,1-6H3. The maximum atomic E-state index is 11.0. The molecule has 1 aliphatic heterocycles. The first-order valence-corrected chi connectivity index (χ1v) is 5.76. The third-order valence-corrected chi connectivity index (χ3v) is 2.57. The molecule has 1 aliphatic rings. The van der Waals surface area contributed by atoms with Gasteiger partial charge in [-0.3, -0.25) is 4.79 Å². The third-order valence-electron chi connectivity index (χ3n) is 2.57. The Balaban J connectivity index is 2.74. The van der Waals surface area contributed by atoms with Crippen LogP contribution in [0.1, 0.15) is 41.5 Å². The van der Waals surface area contributed by atoms with Crippen molar-refractivity contribution in [2.45, 2.75) is 52.8 Å². The van der Waals surface area contributed by atoms with Crippen molar-refractivity contribution < 1.29 is 9.53 Å². The first kappa shape index (κ1) is 13.6. The van der Waals surface area contributed by atoms with Crippen LogP contribution in [0, 0.1) is 0 Å². The second-order valence-electron chi connectivity index (χ2n) is 5.62. The van der Waals surface area contributed by atoms with E-state index in [1.807, 2.05) is 43.5 Å². The van der Waals surface area contributed by atoms with E-state index in [2.05, 4.69) is 25.7 Å². The topological polar surface area (TPSA) is 32.8 Å². The lowest BCUT2D eigenvalue weighted by molar-refractivity contribution is -0.165. The molecule has 0 aromatic heterocycles. The van der Waals surface area contributed by atoms with Gasteiger partial charge in [0.1, 0.15) is 0 Å². The molecule has 0 radical (unpaired) electrons. The number of hydrogen-bond acceptors (Lipinski definition) is 4. The fraction of sp³-hybridized carbons (Fsp3) is 0.615. The van der Waals surface area contributed by atoms with Gasteiger partial charge in [-0.2, -0.15) is 0 Å². The summed E-state index contributed by atoms with van der Waals surface area (Å²) in [5.41, 5.74) is -0.618. The van der Waals surface area contributed by atoms with Gasteiger partial charge in [0.25, 0.3) is 0 Å². The average Bonchev–Trinajstić information content (AvgIpc) is 2.14. The lowest BCUT2D eigenvalue weighted by Gasteiger charge is -2.40. The van der Waals surface area contributed by atoms with Crippen LogP contribution in [0.15, 0.2) is 24.8 Å². The zero-order chi connectivity index (χ0) is 13.3. The van der Waals surface area contributed by atoms with E-state index in [1.54, 1.807) is 0 Å². The van der Waals surface area contributed by atoms with Crippen LogP contribution in [0.4, 0.5) is 0 Å². The normalized spacial score (nSPS) is 16.4. The smallest absolute Gasteiger partial charge is 0.304 e. The van der Waals surface area contributed by atoms with Crippen LogP contribution in [0.5, 0.6) is 0 Å².